The van der Waals surface area contributed by atoms with E-state index < -0.39 is 0 Å². The number of benzene rings is 1. The van der Waals surface area contributed by atoms with Crippen molar-refractivity contribution in [2.45, 2.75) is 0 Å². The van der Waals surface area contributed by atoms with Gasteiger partial charge >= 0.3 is 0 Å². The van der Waals surface area contributed by atoms with Crippen LogP contribution in [0.5, 0.6) is 0 Å². The van der Waals surface area contributed by atoms with Gasteiger partial charge in [-0.25, -0.2) is 14.4 Å². The van der Waals surface area contributed by atoms with Gasteiger partial charge in [-0.1, -0.05) is 0 Å². The van der Waals surface area contributed by atoms with Crippen molar-refractivity contribution in [1.82, 2.24) is 9.97 Å². The second-order valence-corrected chi connectivity index (χ2v) is 6.48. The minimum Gasteiger partial charge on any atom is -0.393 e. The third-order valence-corrected chi connectivity index (χ3v) is 4.92. The van der Waals surface area contributed by atoms with E-state index in [-0.39, 0.29) is 5.82 Å². The summed E-state index contributed by atoms with van der Waals surface area (Å²) >= 11 is 0. The molecule has 3 heterocycles. The number of halogens is 1. The second kappa shape index (κ2) is 7.33. The maximum absolute atomic E-state index is 13.1. The highest BCUT2D eigenvalue weighted by Gasteiger charge is 2.23. The van der Waals surface area contributed by atoms with Gasteiger partial charge in [0.2, 0.25) is 0 Å². The molecule has 2 aliphatic heterocycles. The molecule has 0 bridgehead atoms. The van der Waals surface area contributed by atoms with Crippen molar-refractivity contribution in [1.29, 1.82) is 0 Å². The molecule has 2 N–H and O–H groups in total. The average molecular weight is 358 g/mol. The molecular formula is C18H23FN6O. The Kier molecular flexibility index (Phi) is 4.75. The summed E-state index contributed by atoms with van der Waals surface area (Å²) < 4.78 is 18.5. The number of hydrogen-bond donors (Lipinski definition) is 1. The lowest BCUT2D eigenvalue weighted by Crippen LogP contribution is -2.47. The van der Waals surface area contributed by atoms with Crippen LogP contribution < -0.4 is 20.4 Å². The highest BCUT2D eigenvalue weighted by atomic mass is 19.1. The van der Waals surface area contributed by atoms with Crippen molar-refractivity contribution >= 4 is 23.0 Å². The number of nitrogens with two attached hydrogens (primary N) is 1. The SMILES string of the molecule is Nc1c(N2CCOCC2)ncnc1N1CCN(c2ccc(F)cc2)CC1. The van der Waals surface area contributed by atoms with Crippen molar-refractivity contribution in [3.63, 3.8) is 0 Å². The predicted molar refractivity (Wildman–Crippen MR) is 100 cm³/mol. The molecule has 26 heavy (non-hydrogen) atoms. The summed E-state index contributed by atoms with van der Waals surface area (Å²) in [5, 5.41) is 0. The Balaban J connectivity index is 1.46. The topological polar surface area (TPSA) is 70.7 Å². The Labute approximate surface area is 152 Å². The van der Waals surface area contributed by atoms with Gasteiger partial charge in [-0.15, -0.1) is 0 Å². The molecule has 0 aliphatic carbocycles. The minimum atomic E-state index is -0.211. The van der Waals surface area contributed by atoms with Gasteiger partial charge in [-0.05, 0) is 24.3 Å². The summed E-state index contributed by atoms with van der Waals surface area (Å²) in [6.45, 7) is 6.24. The van der Waals surface area contributed by atoms with E-state index in [0.717, 1.165) is 56.6 Å². The quantitative estimate of drug-likeness (QED) is 0.888. The van der Waals surface area contributed by atoms with E-state index in [4.69, 9.17) is 10.5 Å². The summed E-state index contributed by atoms with van der Waals surface area (Å²) in [6.07, 6.45) is 1.59. The lowest BCUT2D eigenvalue weighted by atomic mass is 10.2. The molecule has 4 rings (SSSR count). The van der Waals surface area contributed by atoms with Gasteiger partial charge in [-0.3, -0.25) is 0 Å². The first-order chi connectivity index (χ1) is 12.7. The van der Waals surface area contributed by atoms with Crippen LogP contribution in [0.3, 0.4) is 0 Å². The maximum Gasteiger partial charge on any atom is 0.157 e. The first-order valence-corrected chi connectivity index (χ1v) is 8.91. The molecule has 2 fully saturated rings. The summed E-state index contributed by atoms with van der Waals surface area (Å²) in [5.74, 6) is 1.37. The number of aromatic nitrogens is 2. The van der Waals surface area contributed by atoms with Gasteiger partial charge < -0.3 is 25.2 Å². The van der Waals surface area contributed by atoms with Gasteiger partial charge in [0.15, 0.2) is 11.6 Å². The van der Waals surface area contributed by atoms with Crippen LogP contribution in [0.15, 0.2) is 30.6 Å². The van der Waals surface area contributed by atoms with Crippen LogP contribution in [0.4, 0.5) is 27.4 Å². The first-order valence-electron chi connectivity index (χ1n) is 8.91. The van der Waals surface area contributed by atoms with E-state index in [1.807, 2.05) is 12.1 Å². The highest BCUT2D eigenvalue weighted by molar-refractivity contribution is 5.76. The molecule has 0 spiro atoms. The van der Waals surface area contributed by atoms with Crippen molar-refractivity contribution in [3.05, 3.63) is 36.4 Å². The van der Waals surface area contributed by atoms with E-state index >= 15 is 0 Å². The number of rotatable bonds is 3. The second-order valence-electron chi connectivity index (χ2n) is 6.48. The zero-order chi connectivity index (χ0) is 17.9. The number of nitrogens with zero attached hydrogens (tertiary/aromatic N) is 5. The Morgan fingerprint density at radius 1 is 0.808 bits per heavy atom. The smallest absolute Gasteiger partial charge is 0.157 e. The fraction of sp³-hybridized carbons (Fsp3) is 0.444. The molecule has 0 saturated carbocycles. The molecule has 2 aromatic rings. The third kappa shape index (κ3) is 3.37. The van der Waals surface area contributed by atoms with Crippen LogP contribution in [0.2, 0.25) is 0 Å². The number of ether oxygens (including phenoxy) is 1. The molecule has 2 aliphatic rings. The van der Waals surface area contributed by atoms with Crippen molar-refractivity contribution in [3.8, 4) is 0 Å². The van der Waals surface area contributed by atoms with Crippen molar-refractivity contribution in [2.75, 3.05) is 72.9 Å². The van der Waals surface area contributed by atoms with Crippen LogP contribution >= 0.6 is 0 Å². The van der Waals surface area contributed by atoms with Gasteiger partial charge in [0, 0.05) is 45.0 Å². The largest absolute Gasteiger partial charge is 0.393 e. The first kappa shape index (κ1) is 16.8. The van der Waals surface area contributed by atoms with E-state index in [0.29, 0.717) is 18.9 Å². The summed E-state index contributed by atoms with van der Waals surface area (Å²) in [6, 6.07) is 6.64. The maximum atomic E-state index is 13.1. The molecule has 1 aromatic heterocycles. The molecule has 0 atom stereocenters. The van der Waals surface area contributed by atoms with Crippen LogP contribution in [0.1, 0.15) is 0 Å². The lowest BCUT2D eigenvalue weighted by Gasteiger charge is -2.37. The average Bonchev–Trinajstić information content (AvgIpc) is 2.70. The monoisotopic (exact) mass is 358 g/mol. The molecule has 8 heteroatoms. The van der Waals surface area contributed by atoms with Gasteiger partial charge in [0.1, 0.15) is 17.8 Å². The van der Waals surface area contributed by atoms with E-state index in [2.05, 4.69) is 24.7 Å². The van der Waals surface area contributed by atoms with Crippen LogP contribution in [-0.4, -0.2) is 62.5 Å². The zero-order valence-electron chi connectivity index (χ0n) is 14.6. The number of anilines is 4. The molecule has 0 radical (unpaired) electrons. The number of morpholine rings is 1. The standard InChI is InChI=1S/C18H23FN6O/c19-14-1-3-15(4-2-14)23-5-7-24(8-6-23)17-16(20)18(22-13-21-17)25-9-11-26-12-10-25/h1-4,13H,5-12,20H2. The Bertz CT molecular complexity index is 742. The molecular weight excluding hydrogens is 335 g/mol. The van der Waals surface area contributed by atoms with Crippen LogP contribution in [-0.2, 0) is 4.74 Å². The van der Waals surface area contributed by atoms with Gasteiger partial charge in [0.05, 0.1) is 13.2 Å². The van der Waals surface area contributed by atoms with E-state index in [9.17, 15) is 4.39 Å². The fourth-order valence-electron chi connectivity index (χ4n) is 3.48. The Morgan fingerprint density at radius 3 is 1.96 bits per heavy atom. The molecule has 0 amide bonds. The minimum absolute atomic E-state index is 0.211. The summed E-state index contributed by atoms with van der Waals surface area (Å²) in [4.78, 5) is 15.4. The van der Waals surface area contributed by atoms with Gasteiger partial charge in [0.25, 0.3) is 0 Å². The van der Waals surface area contributed by atoms with Crippen molar-refractivity contribution < 1.29 is 9.13 Å². The molecule has 2 saturated heterocycles. The number of hydrogen-bond acceptors (Lipinski definition) is 7. The molecule has 0 unspecified atom stereocenters. The van der Waals surface area contributed by atoms with Crippen molar-refractivity contribution in [2.24, 2.45) is 0 Å². The predicted octanol–water partition coefficient (Wildman–Crippen LogP) is 1.36. The normalized spacial score (nSPS) is 18.3. The molecule has 138 valence electrons. The number of nitrogen functional groups attached to an aromatic ring is 1. The van der Waals surface area contributed by atoms with Crippen LogP contribution in [0.25, 0.3) is 0 Å². The molecule has 7 nitrogen and oxygen atoms in total. The van der Waals surface area contributed by atoms with E-state index in [1.54, 1.807) is 6.33 Å². The zero-order valence-corrected chi connectivity index (χ0v) is 14.6. The fourth-order valence-corrected chi connectivity index (χ4v) is 3.48. The van der Waals surface area contributed by atoms with Gasteiger partial charge in [-0.2, -0.15) is 0 Å². The third-order valence-electron chi connectivity index (χ3n) is 4.92. The Morgan fingerprint density at radius 2 is 1.35 bits per heavy atom. The lowest BCUT2D eigenvalue weighted by molar-refractivity contribution is 0.122. The summed E-state index contributed by atoms with van der Waals surface area (Å²) in [5.41, 5.74) is 8.07. The van der Waals surface area contributed by atoms with Crippen LogP contribution in [0, 0.1) is 5.82 Å². The van der Waals surface area contributed by atoms with E-state index in [1.165, 1.54) is 12.1 Å². The number of piperazine rings is 1. The summed E-state index contributed by atoms with van der Waals surface area (Å²) in [7, 11) is 0. The molecule has 1 aromatic carbocycles. The highest BCUT2D eigenvalue weighted by Crippen LogP contribution is 2.30. The Hall–Kier alpha value is -2.61.